The molecule has 1 N–H and O–H groups in total. The van der Waals surface area contributed by atoms with E-state index in [0.717, 1.165) is 31.7 Å². The van der Waals surface area contributed by atoms with Gasteiger partial charge in [-0.2, -0.15) is 0 Å². The number of likely N-dealkylation sites (N-methyl/N-ethyl adjacent to an activating group) is 1. The maximum atomic E-state index is 5.75. The van der Waals surface area contributed by atoms with E-state index < -0.39 is 0 Å². The predicted octanol–water partition coefficient (Wildman–Crippen LogP) is 2.66. The average Bonchev–Trinajstić information content (AvgIpc) is 2.79. The predicted molar refractivity (Wildman–Crippen MR) is 80.5 cm³/mol. The molecule has 0 aromatic heterocycles. The highest BCUT2D eigenvalue weighted by molar-refractivity contribution is 4.82. The number of rotatable bonds is 6. The first-order valence-corrected chi connectivity index (χ1v) is 8.33. The fourth-order valence-corrected chi connectivity index (χ4v) is 3.74. The molecule has 2 rings (SSSR count). The third kappa shape index (κ3) is 5.05. The number of hydrogen-bond acceptors (Lipinski definition) is 3. The van der Waals surface area contributed by atoms with Crippen molar-refractivity contribution in [2.75, 3.05) is 33.3 Å². The molecule has 0 aromatic rings. The van der Waals surface area contributed by atoms with Gasteiger partial charge >= 0.3 is 0 Å². The Bertz CT molecular complexity index is 241. The van der Waals surface area contributed by atoms with Gasteiger partial charge in [0.15, 0.2) is 0 Å². The summed E-state index contributed by atoms with van der Waals surface area (Å²) in [5, 5.41) is 3.72. The van der Waals surface area contributed by atoms with Gasteiger partial charge in [-0.1, -0.05) is 26.2 Å². The van der Waals surface area contributed by atoms with Crippen LogP contribution in [0.1, 0.15) is 51.9 Å². The van der Waals surface area contributed by atoms with E-state index in [4.69, 9.17) is 4.74 Å². The number of ether oxygens (including phenoxy) is 1. The van der Waals surface area contributed by atoms with E-state index in [1.54, 1.807) is 0 Å². The summed E-state index contributed by atoms with van der Waals surface area (Å²) in [7, 11) is 2.27. The summed E-state index contributed by atoms with van der Waals surface area (Å²) < 4.78 is 5.75. The van der Waals surface area contributed by atoms with Crippen molar-refractivity contribution in [3.63, 3.8) is 0 Å². The van der Waals surface area contributed by atoms with Gasteiger partial charge in [0, 0.05) is 25.7 Å². The first-order valence-electron chi connectivity index (χ1n) is 8.33. The normalized spacial score (nSPS) is 32.7. The summed E-state index contributed by atoms with van der Waals surface area (Å²) in [6, 6.07) is 0.736. The first kappa shape index (κ1) is 15.3. The molecular formula is C16H32N2O. The summed E-state index contributed by atoms with van der Waals surface area (Å²) in [5.74, 6) is 0.828. The van der Waals surface area contributed by atoms with Gasteiger partial charge in [-0.05, 0) is 45.2 Å². The smallest absolute Gasteiger partial charge is 0.0702 e. The topological polar surface area (TPSA) is 24.5 Å². The second-order valence-electron chi connectivity index (χ2n) is 6.42. The molecule has 2 fully saturated rings. The van der Waals surface area contributed by atoms with Crippen LogP contribution >= 0.6 is 0 Å². The van der Waals surface area contributed by atoms with E-state index >= 15 is 0 Å². The third-order valence-corrected chi connectivity index (χ3v) is 4.71. The molecule has 3 nitrogen and oxygen atoms in total. The summed E-state index contributed by atoms with van der Waals surface area (Å²) in [6.07, 6.45) is 10.0. The maximum Gasteiger partial charge on any atom is 0.0702 e. The molecule has 3 unspecified atom stereocenters. The van der Waals surface area contributed by atoms with Gasteiger partial charge in [0.05, 0.1) is 6.10 Å². The molecule has 0 bridgehead atoms. The van der Waals surface area contributed by atoms with Gasteiger partial charge in [0.2, 0.25) is 0 Å². The maximum absolute atomic E-state index is 5.75. The lowest BCUT2D eigenvalue weighted by molar-refractivity contribution is 0.0737. The molecule has 3 heteroatoms. The fraction of sp³-hybridized carbons (Fsp3) is 1.00. The Morgan fingerprint density at radius 3 is 2.63 bits per heavy atom. The molecule has 1 aliphatic heterocycles. The second kappa shape index (κ2) is 8.23. The minimum atomic E-state index is 0.494. The lowest BCUT2D eigenvalue weighted by Crippen LogP contribution is -2.42. The molecule has 0 radical (unpaired) electrons. The van der Waals surface area contributed by atoms with Crippen molar-refractivity contribution in [2.24, 2.45) is 5.92 Å². The van der Waals surface area contributed by atoms with Crippen LogP contribution < -0.4 is 5.32 Å². The van der Waals surface area contributed by atoms with Crippen molar-refractivity contribution < 1.29 is 4.74 Å². The molecule has 0 aromatic carbocycles. The van der Waals surface area contributed by atoms with E-state index in [1.165, 1.54) is 51.5 Å². The van der Waals surface area contributed by atoms with Crippen LogP contribution in [0.5, 0.6) is 0 Å². The summed E-state index contributed by atoms with van der Waals surface area (Å²) in [5.41, 5.74) is 0. The minimum Gasteiger partial charge on any atom is -0.377 e. The van der Waals surface area contributed by atoms with Crippen LogP contribution in [0.25, 0.3) is 0 Å². The molecule has 19 heavy (non-hydrogen) atoms. The van der Waals surface area contributed by atoms with E-state index in [-0.39, 0.29) is 0 Å². The Morgan fingerprint density at radius 1 is 1.05 bits per heavy atom. The van der Waals surface area contributed by atoms with Crippen LogP contribution in [0.2, 0.25) is 0 Å². The highest BCUT2D eigenvalue weighted by Gasteiger charge is 2.25. The molecule has 3 atom stereocenters. The SMILES string of the molecule is CCNC1CCCCCC1CN(C)CC1CCCO1. The van der Waals surface area contributed by atoms with Crippen molar-refractivity contribution >= 4 is 0 Å². The number of hydrogen-bond donors (Lipinski definition) is 1. The Labute approximate surface area is 119 Å². The van der Waals surface area contributed by atoms with Crippen molar-refractivity contribution in [1.82, 2.24) is 10.2 Å². The van der Waals surface area contributed by atoms with Crippen LogP contribution in [-0.2, 0) is 4.74 Å². The third-order valence-electron chi connectivity index (χ3n) is 4.71. The highest BCUT2D eigenvalue weighted by Crippen LogP contribution is 2.24. The zero-order valence-electron chi connectivity index (χ0n) is 12.9. The molecule has 0 spiro atoms. The molecular weight excluding hydrogens is 236 g/mol. The Kier molecular flexibility index (Phi) is 6.62. The van der Waals surface area contributed by atoms with Crippen LogP contribution in [0, 0.1) is 5.92 Å². The molecule has 1 saturated heterocycles. The Morgan fingerprint density at radius 2 is 1.89 bits per heavy atom. The quantitative estimate of drug-likeness (QED) is 0.750. The monoisotopic (exact) mass is 268 g/mol. The van der Waals surface area contributed by atoms with Crippen LogP contribution in [0.3, 0.4) is 0 Å². The lowest BCUT2D eigenvalue weighted by Gasteiger charge is -2.31. The first-order chi connectivity index (χ1) is 9.29. The van der Waals surface area contributed by atoms with Crippen molar-refractivity contribution in [3.05, 3.63) is 0 Å². The second-order valence-corrected chi connectivity index (χ2v) is 6.42. The summed E-state index contributed by atoms with van der Waals surface area (Å²) in [4.78, 5) is 2.51. The average molecular weight is 268 g/mol. The minimum absolute atomic E-state index is 0.494. The number of nitrogens with one attached hydrogen (secondary N) is 1. The standard InChI is InChI=1S/C16H32N2O/c1-3-17-16-10-6-4-5-8-14(16)12-18(2)13-15-9-7-11-19-15/h14-17H,3-13H2,1-2H3. The van der Waals surface area contributed by atoms with Crippen LogP contribution in [0.15, 0.2) is 0 Å². The summed E-state index contributed by atoms with van der Waals surface area (Å²) >= 11 is 0. The van der Waals surface area contributed by atoms with E-state index in [9.17, 15) is 0 Å². The van der Waals surface area contributed by atoms with E-state index in [2.05, 4.69) is 24.2 Å². The van der Waals surface area contributed by atoms with Crippen LogP contribution in [0.4, 0.5) is 0 Å². The van der Waals surface area contributed by atoms with Gasteiger partial charge in [-0.15, -0.1) is 0 Å². The molecule has 112 valence electrons. The highest BCUT2D eigenvalue weighted by atomic mass is 16.5. The zero-order chi connectivity index (χ0) is 13.5. The molecule has 1 heterocycles. The van der Waals surface area contributed by atoms with Gasteiger partial charge in [-0.3, -0.25) is 0 Å². The largest absolute Gasteiger partial charge is 0.377 e. The molecule has 2 aliphatic rings. The molecule has 1 saturated carbocycles. The van der Waals surface area contributed by atoms with Crippen molar-refractivity contribution in [1.29, 1.82) is 0 Å². The molecule has 0 amide bonds. The van der Waals surface area contributed by atoms with Crippen molar-refractivity contribution in [2.45, 2.75) is 64.0 Å². The van der Waals surface area contributed by atoms with Gasteiger partial charge in [-0.25, -0.2) is 0 Å². The number of nitrogens with zero attached hydrogens (tertiary/aromatic N) is 1. The Hall–Kier alpha value is -0.120. The Balaban J connectivity index is 1.79. The molecule has 1 aliphatic carbocycles. The van der Waals surface area contributed by atoms with Gasteiger partial charge < -0.3 is 15.0 Å². The fourth-order valence-electron chi connectivity index (χ4n) is 3.74. The summed E-state index contributed by atoms with van der Waals surface area (Å²) in [6.45, 7) is 6.67. The van der Waals surface area contributed by atoms with Crippen LogP contribution in [-0.4, -0.2) is 50.3 Å². The van der Waals surface area contributed by atoms with E-state index in [1.807, 2.05) is 0 Å². The zero-order valence-corrected chi connectivity index (χ0v) is 12.9. The van der Waals surface area contributed by atoms with E-state index in [0.29, 0.717) is 6.10 Å². The lowest BCUT2D eigenvalue weighted by atomic mass is 9.94. The van der Waals surface area contributed by atoms with Gasteiger partial charge in [0.25, 0.3) is 0 Å². The van der Waals surface area contributed by atoms with Gasteiger partial charge in [0.1, 0.15) is 0 Å². The van der Waals surface area contributed by atoms with Crippen molar-refractivity contribution in [3.8, 4) is 0 Å².